The summed E-state index contributed by atoms with van der Waals surface area (Å²) in [5.41, 5.74) is 6.10. The lowest BCUT2D eigenvalue weighted by molar-refractivity contribution is -0.143. The molecule has 1 aromatic rings. The summed E-state index contributed by atoms with van der Waals surface area (Å²) >= 11 is 1.29. The number of nitrogens with one attached hydrogen (secondary N) is 2. The highest BCUT2D eigenvalue weighted by Crippen LogP contribution is 2.27. The van der Waals surface area contributed by atoms with E-state index in [0.29, 0.717) is 11.8 Å². The van der Waals surface area contributed by atoms with Gasteiger partial charge >= 0.3 is 21.5 Å². The molecule has 1 aliphatic heterocycles. The van der Waals surface area contributed by atoms with Crippen molar-refractivity contribution in [3.8, 4) is 0 Å². The topological polar surface area (TPSA) is 251 Å². The van der Waals surface area contributed by atoms with Crippen LogP contribution in [0.15, 0.2) is 10.5 Å². The molecule has 7 N–H and O–H groups in total. The van der Waals surface area contributed by atoms with Crippen LogP contribution in [0.1, 0.15) is 5.69 Å². The quantitative estimate of drug-likeness (QED) is 0.0699. The maximum absolute atomic E-state index is 12.6. The molecule has 0 spiro atoms. The maximum atomic E-state index is 12.6. The van der Waals surface area contributed by atoms with Crippen LogP contribution < -0.4 is 16.5 Å². The van der Waals surface area contributed by atoms with Gasteiger partial charge in [0.25, 0.3) is 11.8 Å². The van der Waals surface area contributed by atoms with Gasteiger partial charge in [-0.05, 0) is 0 Å². The SMILES string of the molecule is Nc1nc(/C(=N\OCC(=O)O)C(=O)N[C@@H]2C(=O)N(S(=O)(=O)O)[C@@H]2CSC(=O)NO)cs1. The van der Waals surface area contributed by atoms with Crippen molar-refractivity contribution in [1.29, 1.82) is 0 Å². The Hall–Kier alpha value is -3.00. The molecule has 170 valence electrons. The zero-order valence-electron chi connectivity index (χ0n) is 15.0. The van der Waals surface area contributed by atoms with Gasteiger partial charge in [-0.2, -0.15) is 8.42 Å². The summed E-state index contributed by atoms with van der Waals surface area (Å²) in [4.78, 5) is 54.9. The predicted molar refractivity (Wildman–Crippen MR) is 104 cm³/mol. The second-order valence-corrected chi connectivity index (χ2v) is 8.69. The number of hydrogen-bond donors (Lipinski definition) is 6. The molecule has 31 heavy (non-hydrogen) atoms. The summed E-state index contributed by atoms with van der Waals surface area (Å²) in [5, 5.41) is 23.0. The van der Waals surface area contributed by atoms with Crippen LogP contribution in [0, 0.1) is 0 Å². The molecule has 1 fully saturated rings. The Balaban J connectivity index is 2.24. The second kappa shape index (κ2) is 9.87. The minimum Gasteiger partial charge on any atom is -0.479 e. The van der Waals surface area contributed by atoms with Crippen molar-refractivity contribution in [2.45, 2.75) is 12.1 Å². The van der Waals surface area contributed by atoms with Crippen molar-refractivity contribution in [3.05, 3.63) is 11.1 Å². The lowest BCUT2D eigenvalue weighted by atomic mass is 10.0. The zero-order valence-corrected chi connectivity index (χ0v) is 17.4. The first-order chi connectivity index (χ1) is 14.5. The highest BCUT2D eigenvalue weighted by molar-refractivity contribution is 8.13. The summed E-state index contributed by atoms with van der Waals surface area (Å²) in [6.07, 6.45) is 0. The van der Waals surface area contributed by atoms with E-state index in [2.05, 4.69) is 20.3 Å². The Morgan fingerprint density at radius 2 is 2.10 bits per heavy atom. The average molecular weight is 498 g/mol. The van der Waals surface area contributed by atoms with Crippen LogP contribution in [0.3, 0.4) is 0 Å². The van der Waals surface area contributed by atoms with Crippen LogP contribution in [-0.2, 0) is 29.5 Å². The van der Waals surface area contributed by atoms with E-state index in [1.165, 1.54) is 10.9 Å². The van der Waals surface area contributed by atoms with Gasteiger partial charge in [-0.25, -0.2) is 19.6 Å². The van der Waals surface area contributed by atoms with Crippen LogP contribution >= 0.6 is 23.1 Å². The van der Waals surface area contributed by atoms with Crippen LogP contribution in [0.25, 0.3) is 0 Å². The minimum absolute atomic E-state index is 0.0373. The van der Waals surface area contributed by atoms with Crippen molar-refractivity contribution in [1.82, 2.24) is 20.1 Å². The Morgan fingerprint density at radius 1 is 1.42 bits per heavy atom. The van der Waals surface area contributed by atoms with E-state index in [1.54, 1.807) is 0 Å². The van der Waals surface area contributed by atoms with E-state index >= 15 is 0 Å². The Labute approximate surface area is 181 Å². The Morgan fingerprint density at radius 3 is 2.61 bits per heavy atom. The number of aliphatic carboxylic acids is 1. The molecule has 0 aromatic carbocycles. The van der Waals surface area contributed by atoms with E-state index in [4.69, 9.17) is 16.0 Å². The number of anilines is 1. The van der Waals surface area contributed by atoms with Crippen molar-refractivity contribution in [3.63, 3.8) is 0 Å². The largest absolute Gasteiger partial charge is 0.479 e. The molecule has 16 nitrogen and oxygen atoms in total. The number of carboxylic acids is 1. The van der Waals surface area contributed by atoms with Crippen molar-refractivity contribution in [2.24, 2.45) is 5.16 Å². The van der Waals surface area contributed by atoms with E-state index in [1.807, 2.05) is 0 Å². The molecule has 0 bridgehead atoms. The number of nitrogen functional groups attached to an aromatic ring is 1. The van der Waals surface area contributed by atoms with Crippen LogP contribution in [0.4, 0.5) is 9.93 Å². The molecular weight excluding hydrogens is 484 g/mol. The number of nitrogens with zero attached hydrogens (tertiary/aromatic N) is 3. The van der Waals surface area contributed by atoms with Crippen LogP contribution in [0.2, 0.25) is 0 Å². The molecule has 3 amide bonds. The van der Waals surface area contributed by atoms with Gasteiger partial charge in [0.1, 0.15) is 11.7 Å². The number of rotatable bonds is 9. The fourth-order valence-electron chi connectivity index (χ4n) is 2.28. The number of amides is 3. The molecule has 2 atom stereocenters. The zero-order chi connectivity index (χ0) is 23.3. The van der Waals surface area contributed by atoms with Crippen LogP contribution in [-0.4, -0.2) is 85.8 Å². The maximum Gasteiger partial charge on any atom is 0.362 e. The molecule has 1 aliphatic rings. The average Bonchev–Trinajstić information content (AvgIpc) is 3.10. The lowest BCUT2D eigenvalue weighted by Gasteiger charge is -2.43. The van der Waals surface area contributed by atoms with Crippen molar-refractivity contribution < 1.29 is 47.3 Å². The fraction of sp³-hybridized carbons (Fsp3) is 0.333. The number of β-lactam (4-membered cyclic amide) rings is 1. The number of nitrogens with two attached hydrogens (primary N) is 1. The summed E-state index contributed by atoms with van der Waals surface area (Å²) in [7, 11) is -5.00. The molecule has 2 heterocycles. The number of hydroxylamine groups is 1. The smallest absolute Gasteiger partial charge is 0.362 e. The van der Waals surface area contributed by atoms with Crippen molar-refractivity contribution in [2.75, 3.05) is 18.1 Å². The van der Waals surface area contributed by atoms with Gasteiger partial charge in [0.05, 0.1) is 6.04 Å². The van der Waals surface area contributed by atoms with Gasteiger partial charge in [-0.15, -0.1) is 11.3 Å². The molecule has 19 heteroatoms. The van der Waals surface area contributed by atoms with Crippen molar-refractivity contribution >= 4 is 67.3 Å². The van der Waals surface area contributed by atoms with E-state index in [-0.39, 0.29) is 15.1 Å². The van der Waals surface area contributed by atoms with E-state index < -0.39 is 63.5 Å². The lowest BCUT2D eigenvalue weighted by Crippen LogP contribution is -2.73. The Bertz CT molecular complexity index is 1020. The molecule has 0 aliphatic carbocycles. The van der Waals surface area contributed by atoms with Gasteiger partial charge in [0, 0.05) is 11.1 Å². The van der Waals surface area contributed by atoms with E-state index in [9.17, 15) is 32.1 Å². The molecule has 0 saturated carbocycles. The first-order valence-electron chi connectivity index (χ1n) is 7.77. The highest BCUT2D eigenvalue weighted by atomic mass is 32.2. The number of carbonyl (C=O) groups excluding carboxylic acids is 3. The second-order valence-electron chi connectivity index (χ2n) is 5.52. The number of thiazole rings is 1. The first kappa shape index (κ1) is 24.3. The number of aromatic nitrogens is 1. The number of carbonyl (C=O) groups is 4. The monoisotopic (exact) mass is 498 g/mol. The molecule has 1 aromatic heterocycles. The fourth-order valence-corrected chi connectivity index (χ4v) is 4.53. The number of carboxylic acid groups (broad SMARTS) is 1. The molecule has 0 unspecified atom stereocenters. The third-order valence-corrected chi connectivity index (χ3v) is 5.99. The summed E-state index contributed by atoms with van der Waals surface area (Å²) in [5.74, 6) is -4.15. The van der Waals surface area contributed by atoms with Gasteiger partial charge < -0.3 is 21.0 Å². The summed E-state index contributed by atoms with van der Waals surface area (Å²) in [6, 6.07) is -2.91. The number of oxime groups is 1. The first-order valence-corrected chi connectivity index (χ1v) is 11.0. The highest BCUT2D eigenvalue weighted by Gasteiger charge is 2.54. The van der Waals surface area contributed by atoms with Crippen LogP contribution in [0.5, 0.6) is 0 Å². The van der Waals surface area contributed by atoms with Gasteiger partial charge in [0.15, 0.2) is 10.8 Å². The normalized spacial score (nSPS) is 18.8. The van der Waals surface area contributed by atoms with Gasteiger partial charge in [-0.1, -0.05) is 16.9 Å². The predicted octanol–water partition coefficient (Wildman–Crippen LogP) is -2.14. The molecule has 0 radical (unpaired) electrons. The molecular formula is C12H14N6O10S3. The number of hydrogen-bond acceptors (Lipinski definition) is 13. The standard InChI is InChI=1S/C12H14N6O10S3/c13-11-14-4(2-29-11)7(17-28-1-6(19)20)9(21)15-8-5(3-30-12(23)16-24)18(10(8)22)31(25,26)27/h2,5,8,24H,1,3H2,(H2,13,14)(H,15,21)(H,16,23)(H,19,20)(H,25,26,27)/b17-7+/t5-,8+/m1/s1. The molecule has 2 rings (SSSR count). The number of thioether (sulfide) groups is 1. The minimum atomic E-state index is -5.00. The Kier molecular flexibility index (Phi) is 7.73. The molecule has 1 saturated heterocycles. The summed E-state index contributed by atoms with van der Waals surface area (Å²) in [6.45, 7) is -0.898. The third-order valence-electron chi connectivity index (χ3n) is 3.50. The summed E-state index contributed by atoms with van der Waals surface area (Å²) < 4.78 is 32.1. The third kappa shape index (κ3) is 6.01. The van der Waals surface area contributed by atoms with Gasteiger partial charge in [-0.3, -0.25) is 24.1 Å². The van der Waals surface area contributed by atoms with E-state index in [0.717, 1.165) is 11.3 Å². The van der Waals surface area contributed by atoms with Gasteiger partial charge in [0.2, 0.25) is 6.61 Å².